The van der Waals surface area contributed by atoms with Crippen molar-refractivity contribution in [3.8, 4) is 16.9 Å². The number of aliphatic hydroxyl groups is 2. The molecule has 6 rings (SSSR count). The molecule has 11 nitrogen and oxygen atoms in total. The van der Waals surface area contributed by atoms with Gasteiger partial charge in [0.25, 0.3) is 0 Å². The fourth-order valence-electron chi connectivity index (χ4n) is 6.95. The van der Waals surface area contributed by atoms with E-state index in [9.17, 15) is 27.0 Å². The van der Waals surface area contributed by atoms with E-state index in [0.29, 0.717) is 63.5 Å². The minimum atomic E-state index is -3.69. The van der Waals surface area contributed by atoms with Crippen molar-refractivity contribution in [2.45, 2.75) is 84.8 Å². The normalized spacial score (nSPS) is 20.8. The van der Waals surface area contributed by atoms with E-state index in [2.05, 4.69) is 36.6 Å². The largest absolute Gasteiger partial charge is 0.491 e. The molecule has 1 saturated carbocycles. The minimum absolute atomic E-state index is 0.00134. The first-order valence-electron chi connectivity index (χ1n) is 17.9. The quantitative estimate of drug-likeness (QED) is 0.171. The molecule has 51 heavy (non-hydrogen) atoms. The van der Waals surface area contributed by atoms with Crippen molar-refractivity contribution in [1.82, 2.24) is 14.9 Å². The van der Waals surface area contributed by atoms with Crippen LogP contribution in [-0.4, -0.2) is 99.8 Å². The van der Waals surface area contributed by atoms with E-state index in [1.54, 1.807) is 34.6 Å². The Morgan fingerprint density at radius 3 is 2.29 bits per heavy atom. The summed E-state index contributed by atoms with van der Waals surface area (Å²) in [5, 5.41) is 27.0. The van der Waals surface area contributed by atoms with Gasteiger partial charge in [0, 0.05) is 32.2 Å². The van der Waals surface area contributed by atoms with E-state index in [1.165, 1.54) is 17.7 Å². The summed E-state index contributed by atoms with van der Waals surface area (Å²) >= 11 is 0. The summed E-state index contributed by atoms with van der Waals surface area (Å²) in [6.45, 7) is 7.10. The lowest BCUT2D eigenvalue weighted by Gasteiger charge is -2.38. The third-order valence-electron chi connectivity index (χ3n) is 10.3. The molecule has 0 bridgehead atoms. The van der Waals surface area contributed by atoms with Crippen LogP contribution in [0.2, 0.25) is 0 Å². The highest BCUT2D eigenvalue weighted by molar-refractivity contribution is 7.93. The van der Waals surface area contributed by atoms with Crippen molar-refractivity contribution < 1.29 is 36.5 Å². The zero-order valence-corrected chi connectivity index (χ0v) is 31.1. The number of hydrogen-bond acceptors (Lipinski definition) is 10. The van der Waals surface area contributed by atoms with E-state index >= 15 is 0 Å². The number of sulfonamides is 1. The molecule has 3 fully saturated rings. The Hall–Kier alpha value is -2.88. The van der Waals surface area contributed by atoms with Crippen molar-refractivity contribution in [3.05, 3.63) is 78.4 Å². The topological polar surface area (TPSA) is 154 Å². The summed E-state index contributed by atoms with van der Waals surface area (Å²) in [5.74, 6) is 0.916. The second-order valence-electron chi connectivity index (χ2n) is 14.7. The van der Waals surface area contributed by atoms with Gasteiger partial charge in [-0.2, -0.15) is 4.31 Å². The Bertz CT molecular complexity index is 1860. The average Bonchev–Trinajstić information content (AvgIpc) is 3.86. The summed E-state index contributed by atoms with van der Waals surface area (Å²) < 4.78 is 65.7. The lowest BCUT2D eigenvalue weighted by atomic mass is 9.88. The van der Waals surface area contributed by atoms with Crippen LogP contribution in [0.4, 0.5) is 0 Å². The fraction of sp³-hybridized carbons (Fsp3) is 0.526. The number of nitrogens with one attached hydrogen (secondary N) is 2. The van der Waals surface area contributed by atoms with Crippen molar-refractivity contribution in [3.63, 3.8) is 0 Å². The molecule has 2 atom stereocenters. The number of nitrogens with zero attached hydrogens (tertiary/aromatic N) is 1. The van der Waals surface area contributed by atoms with Crippen LogP contribution in [0, 0.1) is 5.92 Å². The maximum absolute atomic E-state index is 13.7. The number of piperidine rings is 1. The lowest BCUT2D eigenvalue weighted by Crippen LogP contribution is -2.47. The third-order valence-corrected chi connectivity index (χ3v) is 14.8. The van der Waals surface area contributed by atoms with Crippen LogP contribution in [0.15, 0.2) is 82.6 Å². The van der Waals surface area contributed by atoms with Crippen LogP contribution in [-0.2, 0) is 31.1 Å². The summed E-state index contributed by atoms with van der Waals surface area (Å²) in [6.07, 6.45) is 1.90. The van der Waals surface area contributed by atoms with E-state index in [-0.39, 0.29) is 29.0 Å². The molecule has 0 amide bonds. The first kappa shape index (κ1) is 37.9. The Balaban J connectivity index is 0.962. The molecule has 278 valence electrons. The van der Waals surface area contributed by atoms with Gasteiger partial charge in [0.2, 0.25) is 10.0 Å². The van der Waals surface area contributed by atoms with Gasteiger partial charge in [0.05, 0.1) is 33.4 Å². The van der Waals surface area contributed by atoms with Crippen LogP contribution < -0.4 is 15.4 Å². The molecule has 2 aliphatic heterocycles. The predicted molar refractivity (Wildman–Crippen MR) is 196 cm³/mol. The van der Waals surface area contributed by atoms with E-state index in [4.69, 9.17) is 9.47 Å². The van der Waals surface area contributed by atoms with Crippen LogP contribution in [0.25, 0.3) is 11.1 Å². The zero-order valence-electron chi connectivity index (χ0n) is 29.5. The fourth-order valence-corrected chi connectivity index (χ4v) is 10.3. The number of benzene rings is 3. The SMILES string of the molecule is CC(C)CNCc1ccc(-c2cccc(S(=O)(=O)N3CCC4(CC3)C[C@@H](NC[C@H](O)COc3cccc(S(=O)(=O)C5(CO)CC5)c3)CO4)c2)cc1. The standard InChI is InChI=1S/C38H51N3O8S2/c1-28(2)22-39-23-29-9-11-30(12-10-29)31-5-3-8-36(19-31)51(46,47)41-17-15-37(16-18-41)21-32(25-49-37)40-24-33(43)26-48-34-6-4-7-35(20-34)50(44,45)38(27-42)13-14-38/h3-12,19-20,28,32-33,39-40,42-43H,13-18,21-27H2,1-2H3/t32-,33+/m1/s1. The van der Waals surface area contributed by atoms with E-state index in [1.807, 2.05) is 18.2 Å². The van der Waals surface area contributed by atoms with E-state index in [0.717, 1.165) is 24.2 Å². The number of ether oxygens (including phenoxy) is 2. The van der Waals surface area contributed by atoms with Crippen molar-refractivity contribution >= 4 is 19.9 Å². The van der Waals surface area contributed by atoms with Gasteiger partial charge in [0.15, 0.2) is 9.84 Å². The molecule has 13 heteroatoms. The van der Waals surface area contributed by atoms with Crippen molar-refractivity contribution in [2.24, 2.45) is 5.92 Å². The maximum atomic E-state index is 13.7. The van der Waals surface area contributed by atoms with Gasteiger partial charge >= 0.3 is 0 Å². The number of aliphatic hydroxyl groups excluding tert-OH is 2. The number of hydrogen-bond donors (Lipinski definition) is 4. The predicted octanol–water partition coefficient (Wildman–Crippen LogP) is 3.74. The van der Waals surface area contributed by atoms with Gasteiger partial charge in [-0.3, -0.25) is 0 Å². The van der Waals surface area contributed by atoms with Crippen molar-refractivity contribution in [2.75, 3.05) is 46.0 Å². The van der Waals surface area contributed by atoms with Gasteiger partial charge in [-0.15, -0.1) is 0 Å². The molecule has 2 saturated heterocycles. The molecular weight excluding hydrogens is 691 g/mol. The molecular formula is C38H51N3O8S2. The molecule has 3 aromatic rings. The molecule has 0 radical (unpaired) electrons. The molecule has 3 aliphatic rings. The zero-order chi connectivity index (χ0) is 36.3. The third kappa shape index (κ3) is 8.68. The molecule has 2 heterocycles. The van der Waals surface area contributed by atoms with Gasteiger partial charge in [-0.05, 0) is 91.6 Å². The van der Waals surface area contributed by atoms with E-state index < -0.39 is 42.9 Å². The highest BCUT2D eigenvalue weighted by atomic mass is 32.2. The summed E-state index contributed by atoms with van der Waals surface area (Å²) in [7, 11) is -7.36. The van der Waals surface area contributed by atoms with Gasteiger partial charge in [-0.1, -0.05) is 56.3 Å². The monoisotopic (exact) mass is 741 g/mol. The highest BCUT2D eigenvalue weighted by Crippen LogP contribution is 2.46. The Morgan fingerprint density at radius 2 is 1.61 bits per heavy atom. The van der Waals surface area contributed by atoms with Crippen molar-refractivity contribution in [1.29, 1.82) is 0 Å². The van der Waals surface area contributed by atoms with Gasteiger partial charge in [0.1, 0.15) is 18.5 Å². The van der Waals surface area contributed by atoms with Gasteiger partial charge in [-0.25, -0.2) is 16.8 Å². The van der Waals surface area contributed by atoms with Gasteiger partial charge < -0.3 is 30.3 Å². The Labute approximate surface area is 302 Å². The van der Waals surface area contributed by atoms with Crippen LogP contribution in [0.5, 0.6) is 5.75 Å². The highest BCUT2D eigenvalue weighted by Gasteiger charge is 2.54. The minimum Gasteiger partial charge on any atom is -0.491 e. The summed E-state index contributed by atoms with van der Waals surface area (Å²) in [4.78, 5) is 0.388. The maximum Gasteiger partial charge on any atom is 0.243 e. The molecule has 3 aromatic carbocycles. The molecule has 0 aromatic heterocycles. The average molecular weight is 742 g/mol. The number of rotatable bonds is 16. The summed E-state index contributed by atoms with van der Waals surface area (Å²) in [5.41, 5.74) is 2.59. The second kappa shape index (κ2) is 15.6. The lowest BCUT2D eigenvalue weighted by molar-refractivity contribution is -0.0312. The molecule has 4 N–H and O–H groups in total. The van der Waals surface area contributed by atoms with Crippen LogP contribution in [0.1, 0.15) is 51.5 Å². The molecule has 0 unspecified atom stereocenters. The first-order chi connectivity index (χ1) is 24.3. The second-order valence-corrected chi connectivity index (χ2v) is 19.0. The van der Waals surface area contributed by atoms with Crippen LogP contribution >= 0.6 is 0 Å². The first-order valence-corrected chi connectivity index (χ1v) is 20.8. The Morgan fingerprint density at radius 1 is 0.902 bits per heavy atom. The molecule has 1 spiro atoms. The Kier molecular flexibility index (Phi) is 11.6. The number of sulfone groups is 1. The summed E-state index contributed by atoms with van der Waals surface area (Å²) in [6, 6.07) is 21.5. The van der Waals surface area contributed by atoms with Crippen LogP contribution in [0.3, 0.4) is 0 Å². The smallest absolute Gasteiger partial charge is 0.243 e. The molecule has 1 aliphatic carbocycles.